The molecule has 2 N–H and O–H groups in total. The average Bonchev–Trinajstić information content (AvgIpc) is 2.73. The number of nitrogens with one attached hydrogen (secondary N) is 2. The molecule has 5 aliphatic rings. The second-order valence-electron chi connectivity index (χ2n) is 10.7. The molecular formula is C25H36N4O2. The van der Waals surface area contributed by atoms with Gasteiger partial charge in [0.05, 0.1) is 0 Å². The highest BCUT2D eigenvalue weighted by Crippen LogP contribution is 2.60. The van der Waals surface area contributed by atoms with Crippen molar-refractivity contribution in [2.24, 2.45) is 23.2 Å². The maximum atomic E-state index is 13.0. The minimum absolute atomic E-state index is 0.0537. The first-order valence-electron chi connectivity index (χ1n) is 12.3. The SMILES string of the molecule is Cc1cccc(N2CCC(NC(=O)CCNC(=O)C34CC5CC(CC(C5)C3)C4)CC2)n1. The molecular weight excluding hydrogens is 388 g/mol. The summed E-state index contributed by atoms with van der Waals surface area (Å²) in [6.45, 7) is 4.28. The van der Waals surface area contributed by atoms with Crippen LogP contribution in [0, 0.1) is 30.1 Å². The van der Waals surface area contributed by atoms with Gasteiger partial charge in [0.25, 0.3) is 0 Å². The van der Waals surface area contributed by atoms with Crippen LogP contribution in [0.1, 0.15) is 63.5 Å². The molecule has 1 aromatic heterocycles. The Kier molecular flexibility index (Phi) is 5.65. The van der Waals surface area contributed by atoms with Crippen LogP contribution in [0.4, 0.5) is 5.82 Å². The predicted octanol–water partition coefficient (Wildman–Crippen LogP) is 3.20. The van der Waals surface area contributed by atoms with Crippen LogP contribution in [0.5, 0.6) is 0 Å². The van der Waals surface area contributed by atoms with Crippen molar-refractivity contribution in [2.75, 3.05) is 24.5 Å². The number of rotatable bonds is 6. The summed E-state index contributed by atoms with van der Waals surface area (Å²) in [5.74, 6) is 3.59. The number of carbonyl (C=O) groups is 2. The van der Waals surface area contributed by atoms with E-state index in [0.717, 1.165) is 74.5 Å². The number of aryl methyl sites for hydroxylation is 1. The fourth-order valence-corrected chi connectivity index (χ4v) is 7.12. The molecule has 6 nitrogen and oxygen atoms in total. The number of piperidine rings is 1. The maximum Gasteiger partial charge on any atom is 0.226 e. The van der Waals surface area contributed by atoms with Crippen LogP contribution < -0.4 is 15.5 Å². The van der Waals surface area contributed by atoms with Crippen molar-refractivity contribution in [1.82, 2.24) is 15.6 Å². The summed E-state index contributed by atoms with van der Waals surface area (Å²) in [5, 5.41) is 6.30. The zero-order valence-corrected chi connectivity index (χ0v) is 18.7. The number of amides is 2. The van der Waals surface area contributed by atoms with Crippen LogP contribution in [-0.2, 0) is 9.59 Å². The van der Waals surface area contributed by atoms with E-state index >= 15 is 0 Å². The maximum absolute atomic E-state index is 13.0. The van der Waals surface area contributed by atoms with Crippen molar-refractivity contribution in [2.45, 2.75) is 70.8 Å². The normalized spacial score (nSPS) is 32.2. The molecule has 0 atom stereocenters. The van der Waals surface area contributed by atoms with Crippen molar-refractivity contribution >= 4 is 17.6 Å². The monoisotopic (exact) mass is 424 g/mol. The van der Waals surface area contributed by atoms with E-state index in [1.54, 1.807) is 0 Å². The van der Waals surface area contributed by atoms with Gasteiger partial charge in [-0.15, -0.1) is 0 Å². The summed E-state index contributed by atoms with van der Waals surface area (Å²) in [6, 6.07) is 6.33. The van der Waals surface area contributed by atoms with Gasteiger partial charge >= 0.3 is 0 Å². The molecule has 1 aromatic rings. The molecule has 4 saturated carbocycles. The molecule has 168 valence electrons. The minimum Gasteiger partial charge on any atom is -0.356 e. The van der Waals surface area contributed by atoms with Gasteiger partial charge in [-0.05, 0) is 88.2 Å². The van der Waals surface area contributed by atoms with E-state index in [-0.39, 0.29) is 23.3 Å². The van der Waals surface area contributed by atoms with E-state index in [0.29, 0.717) is 13.0 Å². The molecule has 5 fully saturated rings. The number of carbonyl (C=O) groups excluding carboxylic acids is 2. The van der Waals surface area contributed by atoms with Crippen molar-refractivity contribution in [3.05, 3.63) is 23.9 Å². The zero-order chi connectivity index (χ0) is 21.4. The molecule has 4 bridgehead atoms. The van der Waals surface area contributed by atoms with Crippen molar-refractivity contribution < 1.29 is 9.59 Å². The third-order valence-corrected chi connectivity index (χ3v) is 8.22. The van der Waals surface area contributed by atoms with E-state index in [1.807, 2.05) is 19.1 Å². The fraction of sp³-hybridized carbons (Fsp3) is 0.720. The van der Waals surface area contributed by atoms with Gasteiger partial charge < -0.3 is 15.5 Å². The summed E-state index contributed by atoms with van der Waals surface area (Å²) >= 11 is 0. The van der Waals surface area contributed by atoms with Gasteiger partial charge in [0, 0.05) is 43.2 Å². The van der Waals surface area contributed by atoms with Gasteiger partial charge in [-0.3, -0.25) is 9.59 Å². The first kappa shape index (κ1) is 20.8. The van der Waals surface area contributed by atoms with Crippen molar-refractivity contribution in [3.63, 3.8) is 0 Å². The van der Waals surface area contributed by atoms with Crippen LogP contribution in [0.15, 0.2) is 18.2 Å². The molecule has 2 heterocycles. The summed E-state index contributed by atoms with van der Waals surface area (Å²) in [4.78, 5) is 32.4. The summed E-state index contributed by atoms with van der Waals surface area (Å²) in [5.41, 5.74) is 0.908. The smallest absolute Gasteiger partial charge is 0.226 e. The van der Waals surface area contributed by atoms with E-state index in [9.17, 15) is 9.59 Å². The second-order valence-corrected chi connectivity index (χ2v) is 10.7. The Labute approximate surface area is 185 Å². The highest BCUT2D eigenvalue weighted by molar-refractivity contribution is 5.84. The van der Waals surface area contributed by atoms with Crippen LogP contribution in [-0.4, -0.2) is 42.5 Å². The molecule has 0 spiro atoms. The Hall–Kier alpha value is -2.11. The lowest BCUT2D eigenvalue weighted by molar-refractivity contribution is -0.146. The topological polar surface area (TPSA) is 74.3 Å². The number of pyridine rings is 1. The van der Waals surface area contributed by atoms with Crippen LogP contribution in [0.3, 0.4) is 0 Å². The van der Waals surface area contributed by atoms with E-state index in [1.165, 1.54) is 19.3 Å². The third-order valence-electron chi connectivity index (χ3n) is 8.22. The van der Waals surface area contributed by atoms with Gasteiger partial charge in [-0.25, -0.2) is 4.98 Å². The second kappa shape index (κ2) is 8.44. The summed E-state index contributed by atoms with van der Waals surface area (Å²) in [6.07, 6.45) is 9.48. The van der Waals surface area contributed by atoms with Crippen molar-refractivity contribution in [3.8, 4) is 0 Å². The van der Waals surface area contributed by atoms with E-state index in [2.05, 4.69) is 26.6 Å². The first-order valence-corrected chi connectivity index (χ1v) is 12.3. The number of nitrogens with zero attached hydrogens (tertiary/aromatic N) is 2. The third kappa shape index (κ3) is 4.44. The fourth-order valence-electron chi connectivity index (χ4n) is 7.12. The molecule has 2 amide bonds. The number of hydrogen-bond acceptors (Lipinski definition) is 4. The standard InChI is InChI=1S/C25H36N4O2/c1-17-3-2-4-22(27-17)29-9-6-21(7-10-29)28-23(30)5-8-26-24(31)25-14-18-11-19(15-25)13-20(12-18)16-25/h2-4,18-21H,5-16H2,1H3,(H,26,31)(H,28,30). The number of anilines is 1. The van der Waals surface area contributed by atoms with Crippen molar-refractivity contribution in [1.29, 1.82) is 0 Å². The number of hydrogen-bond donors (Lipinski definition) is 2. The molecule has 0 aromatic carbocycles. The minimum atomic E-state index is -0.123. The Morgan fingerprint density at radius 3 is 2.32 bits per heavy atom. The largest absolute Gasteiger partial charge is 0.356 e. The van der Waals surface area contributed by atoms with Gasteiger partial charge in [-0.2, -0.15) is 0 Å². The first-order chi connectivity index (χ1) is 15.0. The molecule has 6 heteroatoms. The van der Waals surface area contributed by atoms with Gasteiger partial charge in [-0.1, -0.05) is 6.07 Å². The van der Waals surface area contributed by atoms with E-state index in [4.69, 9.17) is 0 Å². The Bertz CT molecular complexity index is 795. The summed E-state index contributed by atoms with van der Waals surface area (Å²) in [7, 11) is 0. The Morgan fingerprint density at radius 2 is 1.71 bits per heavy atom. The quantitative estimate of drug-likeness (QED) is 0.735. The Morgan fingerprint density at radius 1 is 1.06 bits per heavy atom. The molecule has 0 unspecified atom stereocenters. The summed E-state index contributed by atoms with van der Waals surface area (Å²) < 4.78 is 0. The van der Waals surface area contributed by atoms with Crippen LogP contribution in [0.25, 0.3) is 0 Å². The molecule has 0 radical (unpaired) electrons. The lowest BCUT2D eigenvalue weighted by atomic mass is 9.49. The molecule has 31 heavy (non-hydrogen) atoms. The van der Waals surface area contributed by atoms with Crippen LogP contribution >= 0.6 is 0 Å². The van der Waals surface area contributed by atoms with Gasteiger partial charge in [0.2, 0.25) is 11.8 Å². The Balaban J connectivity index is 1.04. The highest BCUT2D eigenvalue weighted by atomic mass is 16.2. The lowest BCUT2D eigenvalue weighted by Crippen LogP contribution is -2.54. The van der Waals surface area contributed by atoms with Gasteiger partial charge in [0.1, 0.15) is 5.82 Å². The van der Waals surface area contributed by atoms with E-state index < -0.39 is 0 Å². The number of aromatic nitrogens is 1. The van der Waals surface area contributed by atoms with Crippen LogP contribution in [0.2, 0.25) is 0 Å². The predicted molar refractivity (Wildman–Crippen MR) is 121 cm³/mol. The highest BCUT2D eigenvalue weighted by Gasteiger charge is 2.54. The molecule has 6 rings (SSSR count). The zero-order valence-electron chi connectivity index (χ0n) is 18.7. The molecule has 4 aliphatic carbocycles. The lowest BCUT2D eigenvalue weighted by Gasteiger charge is -2.55. The average molecular weight is 425 g/mol. The molecule has 1 aliphatic heterocycles. The van der Waals surface area contributed by atoms with Gasteiger partial charge in [0.15, 0.2) is 0 Å². The molecule has 1 saturated heterocycles.